The van der Waals surface area contributed by atoms with Gasteiger partial charge in [-0.15, -0.1) is 0 Å². The van der Waals surface area contributed by atoms with Gasteiger partial charge in [0, 0.05) is 12.7 Å². The van der Waals surface area contributed by atoms with E-state index in [2.05, 4.69) is 10.1 Å². The minimum Gasteiger partial charge on any atom is -0.480 e. The van der Waals surface area contributed by atoms with E-state index in [9.17, 15) is 14.4 Å². The molecular weight excluding hydrogens is 276 g/mol. The molecule has 0 heterocycles. The van der Waals surface area contributed by atoms with Crippen molar-refractivity contribution in [3.8, 4) is 0 Å². The van der Waals surface area contributed by atoms with Gasteiger partial charge < -0.3 is 15.2 Å². The van der Waals surface area contributed by atoms with E-state index in [4.69, 9.17) is 5.11 Å². The van der Waals surface area contributed by atoms with Crippen LogP contribution in [-0.2, 0) is 14.3 Å². The Morgan fingerprint density at radius 2 is 1.86 bits per heavy atom. The molecule has 0 aliphatic rings. The number of amides is 2. The van der Waals surface area contributed by atoms with E-state index in [1.54, 1.807) is 12.1 Å². The van der Waals surface area contributed by atoms with Crippen molar-refractivity contribution in [3.05, 3.63) is 29.8 Å². The molecule has 1 aromatic carbocycles. The first-order valence-corrected chi connectivity index (χ1v) is 6.25. The number of aliphatic carboxylic acids is 1. The third-order valence-corrected chi connectivity index (χ3v) is 2.92. The van der Waals surface area contributed by atoms with Gasteiger partial charge in [0.05, 0.1) is 13.5 Å². The number of rotatable bonds is 5. The van der Waals surface area contributed by atoms with E-state index in [-0.39, 0.29) is 0 Å². The monoisotopic (exact) mass is 294 g/mol. The smallest absolute Gasteiger partial charge is 0.326 e. The summed E-state index contributed by atoms with van der Waals surface area (Å²) in [6.45, 7) is 1.92. The molecule has 2 N–H and O–H groups in total. The Balaban J connectivity index is 2.74. The number of nitrogens with zero attached hydrogens (tertiary/aromatic N) is 1. The zero-order valence-corrected chi connectivity index (χ0v) is 12.1. The molecule has 21 heavy (non-hydrogen) atoms. The lowest BCUT2D eigenvalue weighted by molar-refractivity contribution is -0.147. The van der Waals surface area contributed by atoms with Gasteiger partial charge >= 0.3 is 18.0 Å². The number of methoxy groups -OCH3 is 1. The quantitative estimate of drug-likeness (QED) is 0.794. The van der Waals surface area contributed by atoms with Gasteiger partial charge in [-0.2, -0.15) is 0 Å². The second-order valence-corrected chi connectivity index (χ2v) is 4.52. The van der Waals surface area contributed by atoms with Crippen molar-refractivity contribution in [2.75, 3.05) is 19.1 Å². The van der Waals surface area contributed by atoms with Gasteiger partial charge in [0.25, 0.3) is 0 Å². The summed E-state index contributed by atoms with van der Waals surface area (Å²) in [6, 6.07) is 5.20. The van der Waals surface area contributed by atoms with Crippen LogP contribution in [0.2, 0.25) is 0 Å². The molecule has 0 saturated carbocycles. The molecule has 0 aliphatic heterocycles. The largest absolute Gasteiger partial charge is 0.480 e. The number of hydrogen-bond donors (Lipinski definition) is 2. The Hall–Kier alpha value is -2.57. The zero-order valence-electron chi connectivity index (χ0n) is 12.1. The van der Waals surface area contributed by atoms with Crippen molar-refractivity contribution >= 4 is 23.7 Å². The van der Waals surface area contributed by atoms with Crippen molar-refractivity contribution < 1.29 is 24.2 Å². The lowest BCUT2D eigenvalue weighted by atomic mass is 10.2. The molecule has 0 saturated heterocycles. The number of carboxylic acids is 1. The van der Waals surface area contributed by atoms with Gasteiger partial charge in [0.1, 0.15) is 6.04 Å². The summed E-state index contributed by atoms with van der Waals surface area (Å²) in [4.78, 5) is 35.5. The fraction of sp³-hybridized carbons (Fsp3) is 0.357. The number of ether oxygens (including phenoxy) is 1. The number of benzene rings is 1. The molecule has 0 bridgehead atoms. The van der Waals surface area contributed by atoms with Crippen molar-refractivity contribution in [1.82, 2.24) is 5.32 Å². The van der Waals surface area contributed by atoms with E-state index < -0.39 is 30.4 Å². The minimum absolute atomic E-state index is 0.431. The number of aryl methyl sites for hydroxylation is 1. The summed E-state index contributed by atoms with van der Waals surface area (Å²) >= 11 is 0. The molecule has 0 fully saturated rings. The van der Waals surface area contributed by atoms with Gasteiger partial charge in [-0.25, -0.2) is 9.59 Å². The van der Waals surface area contributed by atoms with Crippen LogP contribution in [0.4, 0.5) is 10.5 Å². The zero-order chi connectivity index (χ0) is 16.0. The molecule has 0 radical (unpaired) electrons. The second-order valence-electron chi connectivity index (χ2n) is 4.52. The van der Waals surface area contributed by atoms with Gasteiger partial charge in [-0.05, 0) is 19.1 Å². The number of carboxylic acid groups (broad SMARTS) is 1. The average molecular weight is 294 g/mol. The van der Waals surface area contributed by atoms with Crippen LogP contribution in [0.1, 0.15) is 12.0 Å². The first kappa shape index (κ1) is 16.5. The van der Waals surface area contributed by atoms with Gasteiger partial charge in [-0.3, -0.25) is 9.69 Å². The third kappa shape index (κ3) is 4.79. The lowest BCUT2D eigenvalue weighted by Gasteiger charge is -2.21. The third-order valence-electron chi connectivity index (χ3n) is 2.92. The molecular formula is C14H18N2O5. The minimum atomic E-state index is -1.34. The highest BCUT2D eigenvalue weighted by Gasteiger charge is 2.25. The van der Waals surface area contributed by atoms with Gasteiger partial charge in [0.2, 0.25) is 0 Å². The van der Waals surface area contributed by atoms with Crippen molar-refractivity contribution in [3.63, 3.8) is 0 Å². The molecule has 7 heteroatoms. The summed E-state index contributed by atoms with van der Waals surface area (Å²) in [5.74, 6) is -2.01. The number of esters is 1. The normalized spacial score (nSPS) is 11.4. The first-order valence-electron chi connectivity index (χ1n) is 6.25. The molecule has 0 unspecified atom stereocenters. The van der Waals surface area contributed by atoms with Crippen LogP contribution in [0.25, 0.3) is 0 Å². The van der Waals surface area contributed by atoms with Crippen LogP contribution in [0.15, 0.2) is 24.3 Å². The Morgan fingerprint density at radius 3 is 2.33 bits per heavy atom. The van der Waals surface area contributed by atoms with Crippen LogP contribution >= 0.6 is 0 Å². The molecule has 0 spiro atoms. The van der Waals surface area contributed by atoms with Gasteiger partial charge in [0.15, 0.2) is 0 Å². The number of anilines is 1. The molecule has 2 amide bonds. The topological polar surface area (TPSA) is 95.9 Å². The number of carbonyl (C=O) groups is 3. The molecule has 1 rings (SSSR count). The Kier molecular flexibility index (Phi) is 5.71. The molecule has 1 atom stereocenters. The molecule has 0 aromatic heterocycles. The van der Waals surface area contributed by atoms with E-state index >= 15 is 0 Å². The number of urea groups is 1. The maximum atomic E-state index is 12.0. The molecule has 1 aromatic rings. The highest BCUT2D eigenvalue weighted by molar-refractivity contribution is 5.95. The highest BCUT2D eigenvalue weighted by Crippen LogP contribution is 2.13. The summed E-state index contributed by atoms with van der Waals surface area (Å²) < 4.78 is 4.40. The van der Waals surface area contributed by atoms with Crippen molar-refractivity contribution in [1.29, 1.82) is 0 Å². The lowest BCUT2D eigenvalue weighted by Crippen LogP contribution is -2.47. The number of hydrogen-bond acceptors (Lipinski definition) is 4. The predicted octanol–water partition coefficient (Wildman–Crippen LogP) is 1.16. The van der Waals surface area contributed by atoms with Crippen LogP contribution in [0, 0.1) is 6.92 Å². The SMILES string of the molecule is COC(=O)C[C@H](NC(=O)N(C)c1ccc(C)cc1)C(=O)O. The van der Waals surface area contributed by atoms with E-state index in [1.165, 1.54) is 11.9 Å². The van der Waals surface area contributed by atoms with Crippen LogP contribution in [-0.4, -0.2) is 43.3 Å². The number of carbonyl (C=O) groups excluding carboxylic acids is 2. The summed E-state index contributed by atoms with van der Waals surface area (Å²) in [5, 5.41) is 11.3. The van der Waals surface area contributed by atoms with Gasteiger partial charge in [-0.1, -0.05) is 17.7 Å². The fourth-order valence-corrected chi connectivity index (χ4v) is 1.58. The molecule has 0 aliphatic carbocycles. The maximum absolute atomic E-state index is 12.0. The van der Waals surface area contributed by atoms with Crippen LogP contribution < -0.4 is 10.2 Å². The Bertz CT molecular complexity index is 527. The van der Waals surface area contributed by atoms with E-state index in [0.717, 1.165) is 12.7 Å². The fourth-order valence-electron chi connectivity index (χ4n) is 1.58. The van der Waals surface area contributed by atoms with Crippen LogP contribution in [0.3, 0.4) is 0 Å². The summed E-state index contributed by atoms with van der Waals surface area (Å²) in [7, 11) is 2.67. The second kappa shape index (κ2) is 7.28. The predicted molar refractivity (Wildman–Crippen MR) is 76.2 cm³/mol. The highest BCUT2D eigenvalue weighted by atomic mass is 16.5. The first-order chi connectivity index (χ1) is 9.85. The maximum Gasteiger partial charge on any atom is 0.326 e. The standard InChI is InChI=1S/C14H18N2O5/c1-9-4-6-10(7-5-9)16(2)14(20)15-11(13(18)19)8-12(17)21-3/h4-7,11H,8H2,1-3H3,(H,15,20)(H,18,19)/t11-/m0/s1. The van der Waals surface area contributed by atoms with Crippen LogP contribution in [0.5, 0.6) is 0 Å². The Morgan fingerprint density at radius 1 is 1.29 bits per heavy atom. The number of nitrogens with one attached hydrogen (secondary N) is 1. The van der Waals surface area contributed by atoms with E-state index in [0.29, 0.717) is 5.69 Å². The summed E-state index contributed by atoms with van der Waals surface area (Å²) in [6.07, 6.45) is -0.431. The van der Waals surface area contributed by atoms with Crippen molar-refractivity contribution in [2.45, 2.75) is 19.4 Å². The molecule has 7 nitrogen and oxygen atoms in total. The molecule has 114 valence electrons. The summed E-state index contributed by atoms with van der Waals surface area (Å²) in [5.41, 5.74) is 1.65. The average Bonchev–Trinajstić information content (AvgIpc) is 2.46. The van der Waals surface area contributed by atoms with Crippen molar-refractivity contribution in [2.24, 2.45) is 0 Å². The van der Waals surface area contributed by atoms with E-state index in [1.807, 2.05) is 19.1 Å². The Labute approximate surface area is 122 Å².